The Balaban J connectivity index is 1.40. The summed E-state index contributed by atoms with van der Waals surface area (Å²) in [7, 11) is 0. The third kappa shape index (κ3) is 4.93. The molecule has 0 bridgehead atoms. The third-order valence-electron chi connectivity index (χ3n) is 5.86. The summed E-state index contributed by atoms with van der Waals surface area (Å²) in [6, 6.07) is 26.8. The maximum absolute atomic E-state index is 11.2. The zero-order valence-corrected chi connectivity index (χ0v) is 17.0. The van der Waals surface area contributed by atoms with E-state index >= 15 is 0 Å². The van der Waals surface area contributed by atoms with Crippen LogP contribution < -0.4 is 5.32 Å². The van der Waals surface area contributed by atoms with Crippen LogP contribution in [0.2, 0.25) is 0 Å². The van der Waals surface area contributed by atoms with Crippen LogP contribution in [0, 0.1) is 10.1 Å². The molecule has 0 aromatic heterocycles. The molecule has 1 aliphatic heterocycles. The molecule has 3 aromatic carbocycles. The molecule has 1 aliphatic rings. The first-order valence-electron chi connectivity index (χ1n) is 10.5. The van der Waals surface area contributed by atoms with E-state index in [1.54, 1.807) is 12.1 Å². The molecule has 0 spiro atoms. The van der Waals surface area contributed by atoms with Crippen LogP contribution in [0.3, 0.4) is 0 Å². The van der Waals surface area contributed by atoms with Crippen molar-refractivity contribution in [1.29, 1.82) is 0 Å². The minimum atomic E-state index is -0.311. The van der Waals surface area contributed by atoms with Gasteiger partial charge in [-0.2, -0.15) is 0 Å². The Kier molecular flexibility index (Phi) is 6.52. The summed E-state index contributed by atoms with van der Waals surface area (Å²) >= 11 is 0. The Hall–Kier alpha value is -3.02. The average Bonchev–Trinajstić information content (AvgIpc) is 2.77. The van der Waals surface area contributed by atoms with E-state index in [9.17, 15) is 10.1 Å². The molecule has 154 valence electrons. The van der Waals surface area contributed by atoms with E-state index in [0.29, 0.717) is 12.6 Å². The van der Waals surface area contributed by atoms with Crippen molar-refractivity contribution in [2.24, 2.45) is 0 Å². The number of para-hydroxylation sites is 1. The maximum atomic E-state index is 11.2. The molecule has 0 saturated heterocycles. The van der Waals surface area contributed by atoms with Crippen molar-refractivity contribution < 1.29 is 4.92 Å². The number of benzene rings is 3. The van der Waals surface area contributed by atoms with Gasteiger partial charge in [0.15, 0.2) is 0 Å². The van der Waals surface area contributed by atoms with E-state index in [0.717, 1.165) is 38.0 Å². The molecule has 1 N–H and O–H groups in total. The Morgan fingerprint density at radius 1 is 0.933 bits per heavy atom. The van der Waals surface area contributed by atoms with Crippen LogP contribution in [-0.4, -0.2) is 29.0 Å². The van der Waals surface area contributed by atoms with Crippen molar-refractivity contribution in [3.8, 4) is 0 Å². The monoisotopic (exact) mass is 401 g/mol. The minimum absolute atomic E-state index is 0.179. The van der Waals surface area contributed by atoms with E-state index in [-0.39, 0.29) is 10.6 Å². The normalized spacial score (nSPS) is 16.2. The number of hydrogen-bond acceptors (Lipinski definition) is 4. The molecule has 3 aromatic rings. The second-order valence-corrected chi connectivity index (χ2v) is 7.85. The first kappa shape index (κ1) is 20.3. The molecule has 0 saturated carbocycles. The molecular formula is C25H27N3O2. The second-order valence-electron chi connectivity index (χ2n) is 7.85. The van der Waals surface area contributed by atoms with E-state index in [4.69, 9.17) is 0 Å². The van der Waals surface area contributed by atoms with Gasteiger partial charge in [0, 0.05) is 43.9 Å². The average molecular weight is 402 g/mol. The summed E-state index contributed by atoms with van der Waals surface area (Å²) in [6.07, 6.45) is 2.08. The van der Waals surface area contributed by atoms with Crippen LogP contribution in [0.4, 0.5) is 5.69 Å². The van der Waals surface area contributed by atoms with Crippen molar-refractivity contribution in [2.75, 3.05) is 13.1 Å². The van der Waals surface area contributed by atoms with Gasteiger partial charge in [0.25, 0.3) is 5.69 Å². The third-order valence-corrected chi connectivity index (χ3v) is 5.86. The number of nitro groups is 1. The second kappa shape index (κ2) is 9.65. The van der Waals surface area contributed by atoms with Crippen LogP contribution in [0.5, 0.6) is 0 Å². The van der Waals surface area contributed by atoms with Gasteiger partial charge in [-0.3, -0.25) is 15.0 Å². The predicted octanol–water partition coefficient (Wildman–Crippen LogP) is 4.35. The van der Waals surface area contributed by atoms with E-state index in [1.165, 1.54) is 16.7 Å². The van der Waals surface area contributed by atoms with Gasteiger partial charge in [0.2, 0.25) is 0 Å². The van der Waals surface area contributed by atoms with E-state index in [2.05, 4.69) is 64.8 Å². The molecule has 0 radical (unpaired) electrons. The molecule has 0 fully saturated rings. The summed E-state index contributed by atoms with van der Waals surface area (Å²) in [6.45, 7) is 3.15. The van der Waals surface area contributed by atoms with Gasteiger partial charge in [0.05, 0.1) is 4.92 Å². The molecule has 5 nitrogen and oxygen atoms in total. The van der Waals surface area contributed by atoms with Gasteiger partial charge >= 0.3 is 0 Å². The molecule has 0 aliphatic carbocycles. The lowest BCUT2D eigenvalue weighted by molar-refractivity contribution is -0.385. The van der Waals surface area contributed by atoms with Crippen molar-refractivity contribution in [3.05, 3.63) is 111 Å². The quantitative estimate of drug-likeness (QED) is 0.346. The first-order valence-corrected chi connectivity index (χ1v) is 10.5. The maximum Gasteiger partial charge on any atom is 0.273 e. The fourth-order valence-corrected chi connectivity index (χ4v) is 4.27. The van der Waals surface area contributed by atoms with Gasteiger partial charge in [-0.15, -0.1) is 0 Å². The lowest BCUT2D eigenvalue weighted by atomic mass is 9.90. The highest BCUT2D eigenvalue weighted by Crippen LogP contribution is 2.25. The van der Waals surface area contributed by atoms with Crippen LogP contribution in [0.25, 0.3) is 0 Å². The fraction of sp³-hybridized carbons (Fsp3) is 0.280. The molecule has 1 atom stereocenters. The smallest absolute Gasteiger partial charge is 0.273 e. The summed E-state index contributed by atoms with van der Waals surface area (Å²) in [4.78, 5) is 13.4. The van der Waals surface area contributed by atoms with Crippen molar-refractivity contribution >= 4 is 5.69 Å². The van der Waals surface area contributed by atoms with Crippen molar-refractivity contribution in [3.63, 3.8) is 0 Å². The SMILES string of the molecule is O=[N+]([O-])c1ccccc1CNCCN1Cc2ccccc2CC1Cc1ccccc1. The number of nitro benzene ring substituents is 1. The lowest BCUT2D eigenvalue weighted by Crippen LogP contribution is -2.44. The highest BCUT2D eigenvalue weighted by Gasteiger charge is 2.25. The highest BCUT2D eigenvalue weighted by atomic mass is 16.6. The predicted molar refractivity (Wildman–Crippen MR) is 119 cm³/mol. The minimum Gasteiger partial charge on any atom is -0.311 e. The van der Waals surface area contributed by atoms with Gasteiger partial charge in [-0.25, -0.2) is 0 Å². The van der Waals surface area contributed by atoms with E-state index < -0.39 is 0 Å². The number of nitrogens with one attached hydrogen (secondary N) is 1. The van der Waals surface area contributed by atoms with Crippen molar-refractivity contribution in [2.45, 2.75) is 32.0 Å². The molecule has 4 rings (SSSR count). The van der Waals surface area contributed by atoms with Crippen LogP contribution in [0.15, 0.2) is 78.9 Å². The summed E-state index contributed by atoms with van der Waals surface area (Å²) in [5.41, 5.74) is 5.12. The van der Waals surface area contributed by atoms with Crippen LogP contribution >= 0.6 is 0 Å². The molecule has 1 heterocycles. The van der Waals surface area contributed by atoms with Crippen LogP contribution in [0.1, 0.15) is 22.3 Å². The van der Waals surface area contributed by atoms with Gasteiger partial charge in [-0.05, 0) is 29.5 Å². The zero-order valence-electron chi connectivity index (χ0n) is 17.0. The number of nitrogens with zero attached hydrogens (tertiary/aromatic N) is 2. The molecule has 0 amide bonds. The lowest BCUT2D eigenvalue weighted by Gasteiger charge is -2.37. The fourth-order valence-electron chi connectivity index (χ4n) is 4.27. The molecule has 1 unspecified atom stereocenters. The summed E-state index contributed by atoms with van der Waals surface area (Å²) < 4.78 is 0. The largest absolute Gasteiger partial charge is 0.311 e. The molecular weight excluding hydrogens is 374 g/mol. The number of hydrogen-bond donors (Lipinski definition) is 1. The zero-order chi connectivity index (χ0) is 20.8. The summed E-state index contributed by atoms with van der Waals surface area (Å²) in [5, 5.41) is 14.6. The number of rotatable bonds is 8. The van der Waals surface area contributed by atoms with Crippen LogP contribution in [-0.2, 0) is 25.9 Å². The van der Waals surface area contributed by atoms with Gasteiger partial charge in [0.1, 0.15) is 0 Å². The Morgan fingerprint density at radius 2 is 1.63 bits per heavy atom. The number of fused-ring (bicyclic) bond motifs is 1. The van der Waals surface area contributed by atoms with E-state index in [1.807, 2.05) is 12.1 Å². The topological polar surface area (TPSA) is 58.4 Å². The first-order chi connectivity index (χ1) is 14.7. The van der Waals surface area contributed by atoms with Gasteiger partial charge < -0.3 is 5.32 Å². The molecule has 30 heavy (non-hydrogen) atoms. The Bertz CT molecular complexity index is 990. The Labute approximate surface area is 177 Å². The standard InChI is InChI=1S/C25H27N3O2/c29-28(30)25-13-7-6-11-22(25)18-26-14-15-27-19-23-12-5-4-10-21(23)17-24(27)16-20-8-2-1-3-9-20/h1-13,24,26H,14-19H2. The summed E-state index contributed by atoms with van der Waals surface area (Å²) in [5.74, 6) is 0. The Morgan fingerprint density at radius 3 is 2.43 bits per heavy atom. The van der Waals surface area contributed by atoms with Crippen molar-refractivity contribution in [1.82, 2.24) is 10.2 Å². The highest BCUT2D eigenvalue weighted by molar-refractivity contribution is 5.39. The molecule has 5 heteroatoms. The van der Waals surface area contributed by atoms with Gasteiger partial charge in [-0.1, -0.05) is 72.8 Å².